The molecule has 0 aliphatic carbocycles. The van der Waals surface area contributed by atoms with Crippen LogP contribution in [-0.2, 0) is 11.8 Å². The van der Waals surface area contributed by atoms with Crippen molar-refractivity contribution >= 4 is 37.7 Å². The lowest BCUT2D eigenvalue weighted by Crippen LogP contribution is -2.10. The van der Waals surface area contributed by atoms with Crippen molar-refractivity contribution in [2.45, 2.75) is 42.8 Å². The summed E-state index contributed by atoms with van der Waals surface area (Å²) < 4.78 is 0.106. The molecule has 2 aromatic rings. The maximum Gasteiger partial charge on any atom is 0.0946 e. The normalized spacial score (nSPS) is 11.8. The van der Waals surface area contributed by atoms with E-state index in [4.69, 9.17) is 11.1 Å². The number of aryl methyl sites for hydroxylation is 1. The molecule has 0 fully saturated rings. The summed E-state index contributed by atoms with van der Waals surface area (Å²) in [4.78, 5) is 0. The molecule has 0 radical (unpaired) electrons. The Balaban J connectivity index is 2.39. The summed E-state index contributed by atoms with van der Waals surface area (Å²) >= 11 is 7.18. The third-order valence-electron chi connectivity index (χ3n) is 4.03. The fourth-order valence-corrected chi connectivity index (χ4v) is 3.13. The quantitative estimate of drug-likeness (QED) is 0.312. The SMILES string of the molecule is CC(C)(C)c1ccc(-c2cc(CCC(=N)N)cc(C(Br)Br)c2)cc1. The van der Waals surface area contributed by atoms with Gasteiger partial charge in [0.05, 0.1) is 9.57 Å². The number of alkyl halides is 2. The molecule has 0 saturated carbocycles. The van der Waals surface area contributed by atoms with Crippen molar-refractivity contribution in [1.82, 2.24) is 0 Å². The maximum absolute atomic E-state index is 7.44. The van der Waals surface area contributed by atoms with Gasteiger partial charge in [0.2, 0.25) is 0 Å². The molecule has 0 amide bonds. The van der Waals surface area contributed by atoms with Gasteiger partial charge in [-0.25, -0.2) is 0 Å². The Morgan fingerprint density at radius 3 is 2.17 bits per heavy atom. The number of halogens is 2. The van der Waals surface area contributed by atoms with E-state index < -0.39 is 0 Å². The lowest BCUT2D eigenvalue weighted by molar-refractivity contribution is 0.590. The fraction of sp³-hybridized carbons (Fsp3) is 0.350. The molecule has 3 N–H and O–H groups in total. The zero-order chi connectivity index (χ0) is 17.9. The van der Waals surface area contributed by atoms with E-state index in [0.29, 0.717) is 6.42 Å². The average Bonchev–Trinajstić information content (AvgIpc) is 2.52. The summed E-state index contributed by atoms with van der Waals surface area (Å²) in [7, 11) is 0. The minimum absolute atomic E-state index is 0.106. The zero-order valence-electron chi connectivity index (χ0n) is 14.4. The van der Waals surface area contributed by atoms with E-state index >= 15 is 0 Å². The van der Waals surface area contributed by atoms with Gasteiger partial charge in [0.15, 0.2) is 0 Å². The van der Waals surface area contributed by atoms with E-state index in [-0.39, 0.29) is 15.0 Å². The van der Waals surface area contributed by atoms with Gasteiger partial charge >= 0.3 is 0 Å². The van der Waals surface area contributed by atoms with Crippen LogP contribution in [0.1, 0.15) is 47.6 Å². The van der Waals surface area contributed by atoms with E-state index in [9.17, 15) is 0 Å². The van der Waals surface area contributed by atoms with Crippen LogP contribution in [0.15, 0.2) is 42.5 Å². The van der Waals surface area contributed by atoms with Gasteiger partial charge < -0.3 is 5.73 Å². The van der Waals surface area contributed by atoms with Crippen LogP contribution in [0.4, 0.5) is 0 Å². The van der Waals surface area contributed by atoms with E-state index in [0.717, 1.165) is 6.42 Å². The molecule has 4 heteroatoms. The van der Waals surface area contributed by atoms with Crippen LogP contribution in [0.25, 0.3) is 11.1 Å². The van der Waals surface area contributed by atoms with Crippen LogP contribution < -0.4 is 5.73 Å². The van der Waals surface area contributed by atoms with E-state index in [2.05, 4.69) is 95.1 Å². The van der Waals surface area contributed by atoms with Crippen LogP contribution in [0, 0.1) is 5.41 Å². The highest BCUT2D eigenvalue weighted by atomic mass is 79.9. The smallest absolute Gasteiger partial charge is 0.0946 e. The van der Waals surface area contributed by atoms with Crippen LogP contribution in [0.5, 0.6) is 0 Å². The number of hydrogen-bond donors (Lipinski definition) is 2. The second-order valence-corrected chi connectivity index (χ2v) is 10.2. The Labute approximate surface area is 161 Å². The van der Waals surface area contributed by atoms with E-state index in [1.54, 1.807) is 0 Å². The standard InChI is InChI=1S/C20H24Br2N2/c1-20(2,3)17-7-5-14(6-8-17)15-10-13(4-9-18(23)24)11-16(12-15)19(21)22/h5-8,10-12,19H,4,9H2,1-3H3,(H3,23,24). The largest absolute Gasteiger partial charge is 0.388 e. The number of benzene rings is 2. The molecule has 2 nitrogen and oxygen atoms in total. The van der Waals surface area contributed by atoms with Crippen molar-refractivity contribution in [2.24, 2.45) is 5.73 Å². The number of nitrogens with one attached hydrogen (secondary N) is 1. The van der Waals surface area contributed by atoms with Gasteiger partial charge in [-0.3, -0.25) is 5.41 Å². The molecular formula is C20H24Br2N2. The first kappa shape index (κ1) is 19.2. The second kappa shape index (κ2) is 7.83. The highest BCUT2D eigenvalue weighted by Gasteiger charge is 2.14. The summed E-state index contributed by atoms with van der Waals surface area (Å²) in [5, 5.41) is 7.44. The Bertz CT molecular complexity index is 713. The molecule has 0 bridgehead atoms. The van der Waals surface area contributed by atoms with Gasteiger partial charge in [-0.05, 0) is 45.7 Å². The van der Waals surface area contributed by atoms with Crippen molar-refractivity contribution in [3.63, 3.8) is 0 Å². The molecule has 128 valence electrons. The molecule has 0 aliphatic heterocycles. The first-order valence-electron chi connectivity index (χ1n) is 8.02. The van der Waals surface area contributed by atoms with Gasteiger partial charge in [-0.15, -0.1) is 0 Å². The predicted molar refractivity (Wildman–Crippen MR) is 111 cm³/mol. The van der Waals surface area contributed by atoms with Crippen molar-refractivity contribution < 1.29 is 0 Å². The predicted octanol–water partition coefficient (Wildman–Crippen LogP) is 6.31. The second-order valence-electron chi connectivity index (χ2n) is 7.12. The highest BCUT2D eigenvalue weighted by molar-refractivity contribution is 9.24. The lowest BCUT2D eigenvalue weighted by atomic mass is 9.86. The van der Waals surface area contributed by atoms with Gasteiger partial charge in [-0.1, -0.05) is 89.0 Å². The average molecular weight is 452 g/mol. The van der Waals surface area contributed by atoms with Crippen molar-refractivity contribution in [3.8, 4) is 11.1 Å². The molecule has 0 aromatic heterocycles. The van der Waals surface area contributed by atoms with E-state index in [1.165, 1.54) is 27.8 Å². The molecule has 0 heterocycles. The summed E-state index contributed by atoms with van der Waals surface area (Å²) in [5.41, 5.74) is 11.8. The third-order valence-corrected chi connectivity index (χ3v) is 5.09. The monoisotopic (exact) mass is 450 g/mol. The van der Waals surface area contributed by atoms with Crippen molar-refractivity contribution in [3.05, 3.63) is 59.2 Å². The van der Waals surface area contributed by atoms with Gasteiger partial charge in [0, 0.05) is 6.42 Å². The molecular weight excluding hydrogens is 428 g/mol. The molecule has 0 unspecified atom stereocenters. The highest BCUT2D eigenvalue weighted by Crippen LogP contribution is 2.34. The van der Waals surface area contributed by atoms with Crippen molar-refractivity contribution in [1.29, 1.82) is 5.41 Å². The first-order chi connectivity index (χ1) is 11.2. The third kappa shape index (κ3) is 5.18. The van der Waals surface area contributed by atoms with Gasteiger partial charge in [-0.2, -0.15) is 0 Å². The van der Waals surface area contributed by atoms with E-state index in [1.807, 2.05) is 0 Å². The summed E-state index contributed by atoms with van der Waals surface area (Å²) in [6.07, 6.45) is 1.37. The minimum atomic E-state index is 0.106. The van der Waals surface area contributed by atoms with Gasteiger partial charge in [0.25, 0.3) is 0 Å². The number of rotatable bonds is 5. The minimum Gasteiger partial charge on any atom is -0.388 e. The zero-order valence-corrected chi connectivity index (χ0v) is 17.5. The van der Waals surface area contributed by atoms with Crippen LogP contribution in [-0.4, -0.2) is 5.84 Å². The fourth-order valence-electron chi connectivity index (χ4n) is 2.60. The molecule has 2 rings (SSSR count). The summed E-state index contributed by atoms with van der Waals surface area (Å²) in [5.74, 6) is 0.228. The van der Waals surface area contributed by atoms with Crippen LogP contribution >= 0.6 is 31.9 Å². The topological polar surface area (TPSA) is 49.9 Å². The van der Waals surface area contributed by atoms with Crippen LogP contribution in [0.3, 0.4) is 0 Å². The molecule has 0 spiro atoms. The number of nitrogens with two attached hydrogens (primary N) is 1. The Morgan fingerprint density at radius 2 is 1.67 bits per heavy atom. The number of amidine groups is 1. The summed E-state index contributed by atoms with van der Waals surface area (Å²) in [6, 6.07) is 15.3. The van der Waals surface area contributed by atoms with Gasteiger partial charge in [0.1, 0.15) is 0 Å². The molecule has 0 atom stereocenters. The number of hydrogen-bond acceptors (Lipinski definition) is 1. The Kier molecular flexibility index (Phi) is 6.27. The Morgan fingerprint density at radius 1 is 1.04 bits per heavy atom. The first-order valence-corrected chi connectivity index (χ1v) is 9.86. The Hall–Kier alpha value is -1.13. The molecule has 2 aromatic carbocycles. The molecule has 0 aliphatic rings. The molecule has 0 saturated heterocycles. The molecule has 24 heavy (non-hydrogen) atoms. The van der Waals surface area contributed by atoms with Crippen LogP contribution in [0.2, 0.25) is 0 Å². The summed E-state index contributed by atoms with van der Waals surface area (Å²) in [6.45, 7) is 6.67. The maximum atomic E-state index is 7.44. The lowest BCUT2D eigenvalue weighted by Gasteiger charge is -2.19. The van der Waals surface area contributed by atoms with Crippen molar-refractivity contribution in [2.75, 3.05) is 0 Å².